The van der Waals surface area contributed by atoms with Crippen LogP contribution in [-0.2, 0) is 4.74 Å². The van der Waals surface area contributed by atoms with Crippen molar-refractivity contribution in [2.75, 3.05) is 38.6 Å². The minimum absolute atomic E-state index is 0.0508. The number of hydrogen-bond acceptors (Lipinski definition) is 5. The molecule has 23 heavy (non-hydrogen) atoms. The highest BCUT2D eigenvalue weighted by molar-refractivity contribution is 5.99. The zero-order chi connectivity index (χ0) is 16.4. The Kier molecular flexibility index (Phi) is 4.82. The summed E-state index contributed by atoms with van der Waals surface area (Å²) >= 11 is 0. The van der Waals surface area contributed by atoms with Crippen molar-refractivity contribution in [3.8, 4) is 0 Å². The minimum Gasteiger partial charge on any atom is -0.374 e. The molecule has 1 aromatic rings. The SMILES string of the molecule is CC(C)Nc1ncccc1C(=O)N1CCO[C@H]2CCN(C)C[C@@H]21. The van der Waals surface area contributed by atoms with Gasteiger partial charge in [-0.05, 0) is 39.4 Å². The molecule has 2 aliphatic rings. The predicted molar refractivity (Wildman–Crippen MR) is 89.7 cm³/mol. The van der Waals surface area contributed by atoms with Gasteiger partial charge in [-0.25, -0.2) is 4.98 Å². The third-order valence-electron chi connectivity index (χ3n) is 4.51. The summed E-state index contributed by atoms with van der Waals surface area (Å²) in [7, 11) is 2.10. The van der Waals surface area contributed by atoms with E-state index < -0.39 is 0 Å². The van der Waals surface area contributed by atoms with Gasteiger partial charge in [-0.1, -0.05) is 0 Å². The third kappa shape index (κ3) is 3.48. The molecule has 6 heteroatoms. The molecule has 3 rings (SSSR count). The second-order valence-corrected chi connectivity index (χ2v) is 6.72. The average Bonchev–Trinajstić information content (AvgIpc) is 2.53. The van der Waals surface area contributed by atoms with Gasteiger partial charge in [0.15, 0.2) is 0 Å². The molecule has 1 amide bonds. The number of likely N-dealkylation sites (tertiary alicyclic amines) is 1. The number of hydrogen-bond donors (Lipinski definition) is 1. The molecule has 2 saturated heterocycles. The van der Waals surface area contributed by atoms with E-state index in [4.69, 9.17) is 4.74 Å². The molecule has 1 aromatic heterocycles. The van der Waals surface area contributed by atoms with Crippen LogP contribution in [0.5, 0.6) is 0 Å². The molecule has 1 N–H and O–H groups in total. The van der Waals surface area contributed by atoms with Crippen LogP contribution in [0, 0.1) is 0 Å². The summed E-state index contributed by atoms with van der Waals surface area (Å²) in [6.07, 6.45) is 2.86. The van der Waals surface area contributed by atoms with E-state index in [9.17, 15) is 4.79 Å². The summed E-state index contributed by atoms with van der Waals surface area (Å²) < 4.78 is 5.89. The van der Waals surface area contributed by atoms with Gasteiger partial charge in [0.05, 0.1) is 24.3 Å². The Morgan fingerprint density at radius 2 is 2.26 bits per heavy atom. The lowest BCUT2D eigenvalue weighted by Gasteiger charge is -2.46. The topological polar surface area (TPSA) is 57.7 Å². The second kappa shape index (κ2) is 6.84. The minimum atomic E-state index is 0.0508. The number of nitrogens with one attached hydrogen (secondary N) is 1. The van der Waals surface area contributed by atoms with E-state index in [0.29, 0.717) is 24.5 Å². The number of carbonyl (C=O) groups excluding carboxylic acids is 1. The number of ether oxygens (including phenoxy) is 1. The number of carbonyl (C=O) groups is 1. The molecule has 2 atom stereocenters. The van der Waals surface area contributed by atoms with E-state index in [2.05, 4.69) is 22.2 Å². The quantitative estimate of drug-likeness (QED) is 0.914. The normalized spacial score (nSPS) is 25.3. The molecule has 0 bridgehead atoms. The Morgan fingerprint density at radius 3 is 3.04 bits per heavy atom. The summed E-state index contributed by atoms with van der Waals surface area (Å²) in [5.74, 6) is 0.717. The van der Waals surface area contributed by atoms with Crippen LogP contribution in [-0.4, -0.2) is 72.2 Å². The maximum atomic E-state index is 13.1. The summed E-state index contributed by atoms with van der Waals surface area (Å²) in [4.78, 5) is 21.7. The van der Waals surface area contributed by atoms with E-state index in [-0.39, 0.29) is 24.1 Å². The van der Waals surface area contributed by atoms with Crippen LogP contribution in [0.15, 0.2) is 18.3 Å². The first-order chi connectivity index (χ1) is 11.1. The molecule has 0 unspecified atom stereocenters. The van der Waals surface area contributed by atoms with Crippen molar-refractivity contribution >= 4 is 11.7 Å². The van der Waals surface area contributed by atoms with E-state index in [1.165, 1.54) is 0 Å². The molecule has 2 aliphatic heterocycles. The number of aromatic nitrogens is 1. The van der Waals surface area contributed by atoms with E-state index in [0.717, 1.165) is 19.5 Å². The Labute approximate surface area is 137 Å². The fourth-order valence-electron chi connectivity index (χ4n) is 3.40. The Hall–Kier alpha value is -1.66. The number of anilines is 1. The number of fused-ring (bicyclic) bond motifs is 1. The first-order valence-electron chi connectivity index (χ1n) is 8.39. The summed E-state index contributed by atoms with van der Waals surface area (Å²) in [5, 5.41) is 3.27. The molecule has 0 saturated carbocycles. The van der Waals surface area contributed by atoms with Gasteiger partial charge in [0.2, 0.25) is 0 Å². The second-order valence-electron chi connectivity index (χ2n) is 6.72. The van der Waals surface area contributed by atoms with Gasteiger partial charge >= 0.3 is 0 Å². The maximum absolute atomic E-state index is 13.1. The fourth-order valence-corrected chi connectivity index (χ4v) is 3.40. The van der Waals surface area contributed by atoms with Crippen molar-refractivity contribution in [2.24, 2.45) is 0 Å². The summed E-state index contributed by atoms with van der Waals surface area (Å²) in [6.45, 7) is 7.24. The highest BCUT2D eigenvalue weighted by Gasteiger charge is 2.39. The predicted octanol–water partition coefficient (Wildman–Crippen LogP) is 1.45. The van der Waals surface area contributed by atoms with Crippen molar-refractivity contribution in [3.05, 3.63) is 23.9 Å². The zero-order valence-electron chi connectivity index (χ0n) is 14.2. The summed E-state index contributed by atoms with van der Waals surface area (Å²) in [5.41, 5.74) is 0.648. The fraction of sp³-hybridized carbons (Fsp3) is 0.647. The van der Waals surface area contributed by atoms with Crippen LogP contribution < -0.4 is 5.32 Å². The van der Waals surface area contributed by atoms with Crippen LogP contribution in [0.1, 0.15) is 30.6 Å². The number of nitrogens with zero attached hydrogens (tertiary/aromatic N) is 3. The van der Waals surface area contributed by atoms with Crippen LogP contribution in [0.4, 0.5) is 5.82 Å². The van der Waals surface area contributed by atoms with Gasteiger partial charge in [0.1, 0.15) is 5.82 Å². The lowest BCUT2D eigenvalue weighted by Crippen LogP contribution is -2.60. The van der Waals surface area contributed by atoms with Crippen molar-refractivity contribution in [1.82, 2.24) is 14.8 Å². The highest BCUT2D eigenvalue weighted by atomic mass is 16.5. The maximum Gasteiger partial charge on any atom is 0.258 e. The first-order valence-corrected chi connectivity index (χ1v) is 8.39. The highest BCUT2D eigenvalue weighted by Crippen LogP contribution is 2.25. The van der Waals surface area contributed by atoms with Gasteiger partial charge in [-0.3, -0.25) is 4.79 Å². The monoisotopic (exact) mass is 318 g/mol. The lowest BCUT2D eigenvalue weighted by molar-refractivity contribution is -0.0869. The number of rotatable bonds is 3. The molecule has 0 spiro atoms. The van der Waals surface area contributed by atoms with Crippen LogP contribution in [0.25, 0.3) is 0 Å². The number of pyridine rings is 1. The van der Waals surface area contributed by atoms with Gasteiger partial charge in [-0.2, -0.15) is 0 Å². The number of morpholine rings is 1. The van der Waals surface area contributed by atoms with Gasteiger partial charge < -0.3 is 19.9 Å². The zero-order valence-corrected chi connectivity index (χ0v) is 14.2. The third-order valence-corrected chi connectivity index (χ3v) is 4.51. The Bertz CT molecular complexity index is 563. The molecule has 2 fully saturated rings. The number of amides is 1. The van der Waals surface area contributed by atoms with E-state index >= 15 is 0 Å². The van der Waals surface area contributed by atoms with Gasteiger partial charge in [-0.15, -0.1) is 0 Å². The van der Waals surface area contributed by atoms with E-state index in [1.807, 2.05) is 30.9 Å². The molecular weight excluding hydrogens is 292 g/mol. The lowest BCUT2D eigenvalue weighted by atomic mass is 9.98. The molecule has 6 nitrogen and oxygen atoms in total. The van der Waals surface area contributed by atoms with Crippen molar-refractivity contribution in [1.29, 1.82) is 0 Å². The molecule has 0 aromatic carbocycles. The Morgan fingerprint density at radius 1 is 1.43 bits per heavy atom. The van der Waals surface area contributed by atoms with E-state index in [1.54, 1.807) is 6.20 Å². The van der Waals surface area contributed by atoms with Crippen LogP contribution in [0.2, 0.25) is 0 Å². The molecule has 3 heterocycles. The van der Waals surface area contributed by atoms with Crippen molar-refractivity contribution < 1.29 is 9.53 Å². The van der Waals surface area contributed by atoms with Crippen molar-refractivity contribution in [3.63, 3.8) is 0 Å². The van der Waals surface area contributed by atoms with Gasteiger partial charge in [0, 0.05) is 31.9 Å². The smallest absolute Gasteiger partial charge is 0.258 e. The standard InChI is InChI=1S/C17H26N4O2/c1-12(2)19-16-13(5-4-7-18-16)17(22)21-9-10-23-15-6-8-20(3)11-14(15)21/h4-5,7,12,14-15H,6,8-11H2,1-3H3,(H,18,19)/t14-,15-/m0/s1. The molecular formula is C17H26N4O2. The average molecular weight is 318 g/mol. The Balaban J connectivity index is 1.84. The first kappa shape index (κ1) is 16.2. The largest absolute Gasteiger partial charge is 0.374 e. The van der Waals surface area contributed by atoms with Crippen LogP contribution >= 0.6 is 0 Å². The summed E-state index contributed by atoms with van der Waals surface area (Å²) in [6, 6.07) is 4.04. The molecule has 126 valence electrons. The van der Waals surface area contributed by atoms with Crippen LogP contribution in [0.3, 0.4) is 0 Å². The number of likely N-dealkylation sites (N-methyl/N-ethyl adjacent to an activating group) is 1. The molecule has 0 radical (unpaired) electrons. The van der Waals surface area contributed by atoms with Gasteiger partial charge in [0.25, 0.3) is 5.91 Å². The van der Waals surface area contributed by atoms with Crippen molar-refractivity contribution in [2.45, 2.75) is 38.5 Å². The number of piperidine rings is 1. The molecule has 0 aliphatic carbocycles.